The van der Waals surface area contributed by atoms with Gasteiger partial charge >= 0.3 is 0 Å². The van der Waals surface area contributed by atoms with Crippen LogP contribution in [0.5, 0.6) is 0 Å². The fraction of sp³-hybridized carbons (Fsp3) is 0.462. The molecule has 1 aromatic carbocycles. The second-order valence-corrected chi connectivity index (χ2v) is 9.76. The number of hydrogen-bond acceptors (Lipinski definition) is 2. The molecule has 4 nitrogen and oxygen atoms in total. The molecule has 1 aromatic heterocycles. The highest BCUT2D eigenvalue weighted by molar-refractivity contribution is 5.82. The molecule has 4 rings (SSSR count). The third kappa shape index (κ3) is 4.43. The molecule has 158 valence electrons. The predicted octanol–water partition coefficient (Wildman–Crippen LogP) is 5.04. The van der Waals surface area contributed by atoms with Gasteiger partial charge in [0.25, 0.3) is 5.56 Å². The van der Waals surface area contributed by atoms with Gasteiger partial charge in [-0.3, -0.25) is 9.59 Å². The molecule has 1 aliphatic carbocycles. The number of amides is 1. The maximum atomic E-state index is 12.9. The van der Waals surface area contributed by atoms with Crippen LogP contribution in [0.25, 0.3) is 5.57 Å². The smallest absolute Gasteiger partial charge is 0.251 e. The summed E-state index contributed by atoms with van der Waals surface area (Å²) in [5.74, 6) is 0.471. The summed E-state index contributed by atoms with van der Waals surface area (Å²) in [6.45, 7) is 6.60. The molecule has 1 saturated heterocycles. The van der Waals surface area contributed by atoms with Gasteiger partial charge in [0.2, 0.25) is 5.91 Å². The molecule has 2 fully saturated rings. The highest BCUT2D eigenvalue weighted by Gasteiger charge is 2.23. The van der Waals surface area contributed by atoms with E-state index >= 15 is 0 Å². The Morgan fingerprint density at radius 2 is 1.67 bits per heavy atom. The van der Waals surface area contributed by atoms with Crippen LogP contribution in [0, 0.1) is 0 Å². The van der Waals surface area contributed by atoms with Gasteiger partial charge in [0.05, 0.1) is 0 Å². The predicted molar refractivity (Wildman–Crippen MR) is 122 cm³/mol. The van der Waals surface area contributed by atoms with Crippen LogP contribution in [-0.2, 0) is 10.2 Å². The van der Waals surface area contributed by atoms with Gasteiger partial charge in [-0.25, -0.2) is 0 Å². The van der Waals surface area contributed by atoms with Crippen LogP contribution in [0.1, 0.15) is 87.6 Å². The Morgan fingerprint density at radius 1 is 0.967 bits per heavy atom. The standard InChI is InChI=1S/C26H32N2O2/c1-26(2,3)19-10-8-18(9-11-19)22(16-20-12-15-24(29)27-20)23-14-13-21(25(30)28-23)17-6-4-5-7-17/h8-11,13-14,16-17,20H,4-7,12,15H2,1-3H3,(H,27,29)(H,28,30)/t20-/m1/s1. The average molecular weight is 405 g/mol. The molecule has 0 spiro atoms. The Morgan fingerprint density at radius 3 is 2.23 bits per heavy atom. The minimum Gasteiger partial charge on any atom is -0.350 e. The van der Waals surface area contributed by atoms with Gasteiger partial charge in [-0.15, -0.1) is 0 Å². The van der Waals surface area contributed by atoms with E-state index < -0.39 is 0 Å². The summed E-state index contributed by atoms with van der Waals surface area (Å²) < 4.78 is 0. The zero-order valence-corrected chi connectivity index (χ0v) is 18.3. The van der Waals surface area contributed by atoms with Crippen molar-refractivity contribution in [1.29, 1.82) is 0 Å². The summed E-state index contributed by atoms with van der Waals surface area (Å²) in [6.07, 6.45) is 8.05. The van der Waals surface area contributed by atoms with E-state index in [9.17, 15) is 9.59 Å². The molecule has 4 heteroatoms. The lowest BCUT2D eigenvalue weighted by molar-refractivity contribution is -0.119. The van der Waals surface area contributed by atoms with Crippen molar-refractivity contribution >= 4 is 11.5 Å². The maximum Gasteiger partial charge on any atom is 0.251 e. The van der Waals surface area contributed by atoms with Crippen LogP contribution in [0.3, 0.4) is 0 Å². The molecule has 1 aliphatic heterocycles. The molecule has 2 N–H and O–H groups in total. The molecule has 0 unspecified atom stereocenters. The van der Waals surface area contributed by atoms with Crippen LogP contribution in [0.15, 0.2) is 47.3 Å². The number of nitrogens with one attached hydrogen (secondary N) is 2. The molecule has 2 heterocycles. The van der Waals surface area contributed by atoms with Gasteiger partial charge in [-0.05, 0) is 47.8 Å². The van der Waals surface area contributed by atoms with Crippen molar-refractivity contribution in [1.82, 2.24) is 10.3 Å². The Hall–Kier alpha value is -2.62. The molecular formula is C26H32N2O2. The topological polar surface area (TPSA) is 62.0 Å². The summed E-state index contributed by atoms with van der Waals surface area (Å²) in [5, 5.41) is 3.02. The monoisotopic (exact) mass is 404 g/mol. The summed E-state index contributed by atoms with van der Waals surface area (Å²) in [6, 6.07) is 12.6. The first-order valence-electron chi connectivity index (χ1n) is 11.2. The van der Waals surface area contributed by atoms with Crippen LogP contribution in [0.2, 0.25) is 0 Å². The van der Waals surface area contributed by atoms with E-state index in [1.165, 1.54) is 18.4 Å². The Kier molecular flexibility index (Phi) is 5.68. The number of aromatic nitrogens is 1. The minimum atomic E-state index is -0.00666. The second kappa shape index (κ2) is 8.25. The largest absolute Gasteiger partial charge is 0.350 e. The summed E-state index contributed by atoms with van der Waals surface area (Å²) in [4.78, 5) is 27.7. The number of H-pyrrole nitrogens is 1. The lowest BCUT2D eigenvalue weighted by atomic mass is 9.86. The lowest BCUT2D eigenvalue weighted by Crippen LogP contribution is -2.24. The Balaban J connectivity index is 1.72. The average Bonchev–Trinajstić information content (AvgIpc) is 3.37. The SMILES string of the molecule is CC(C)(C)c1ccc(C(=C[C@H]2CCC(=O)N2)c2ccc(C3CCCC3)c(=O)[nH]2)cc1. The third-order valence-electron chi connectivity index (χ3n) is 6.48. The van der Waals surface area contributed by atoms with Crippen molar-refractivity contribution in [3.05, 3.63) is 75.2 Å². The number of carbonyl (C=O) groups excluding carboxylic acids is 1. The van der Waals surface area contributed by atoms with Gasteiger partial charge in [0.1, 0.15) is 0 Å². The van der Waals surface area contributed by atoms with E-state index in [0.29, 0.717) is 12.3 Å². The molecule has 1 atom stereocenters. The van der Waals surface area contributed by atoms with E-state index in [0.717, 1.165) is 41.7 Å². The van der Waals surface area contributed by atoms with Crippen molar-refractivity contribution < 1.29 is 4.79 Å². The van der Waals surface area contributed by atoms with Crippen molar-refractivity contribution in [3.8, 4) is 0 Å². The van der Waals surface area contributed by atoms with E-state index in [-0.39, 0.29) is 22.9 Å². The van der Waals surface area contributed by atoms with Crippen LogP contribution in [-0.4, -0.2) is 16.9 Å². The van der Waals surface area contributed by atoms with E-state index in [1.54, 1.807) is 0 Å². The zero-order chi connectivity index (χ0) is 21.3. The lowest BCUT2D eigenvalue weighted by Gasteiger charge is -2.20. The van der Waals surface area contributed by atoms with Gasteiger partial charge < -0.3 is 10.3 Å². The fourth-order valence-electron chi connectivity index (χ4n) is 4.66. The third-order valence-corrected chi connectivity index (χ3v) is 6.48. The summed E-state index contributed by atoms with van der Waals surface area (Å²) in [5.41, 5.74) is 5.11. The Labute approximate surface area is 178 Å². The van der Waals surface area contributed by atoms with Crippen molar-refractivity contribution in [2.24, 2.45) is 0 Å². The Bertz CT molecular complexity index is 1000. The van der Waals surface area contributed by atoms with Gasteiger partial charge in [0, 0.05) is 29.3 Å². The zero-order valence-electron chi connectivity index (χ0n) is 18.3. The molecule has 0 radical (unpaired) electrons. The number of benzene rings is 1. The molecule has 0 bridgehead atoms. The molecule has 1 saturated carbocycles. The molecule has 30 heavy (non-hydrogen) atoms. The maximum absolute atomic E-state index is 12.9. The first-order valence-corrected chi connectivity index (χ1v) is 11.2. The second-order valence-electron chi connectivity index (χ2n) is 9.76. The normalized spacial score (nSPS) is 20.6. The van der Waals surface area contributed by atoms with E-state index in [1.807, 2.05) is 12.1 Å². The van der Waals surface area contributed by atoms with E-state index in [4.69, 9.17) is 0 Å². The van der Waals surface area contributed by atoms with Crippen LogP contribution in [0.4, 0.5) is 0 Å². The van der Waals surface area contributed by atoms with Gasteiger partial charge in [-0.1, -0.05) is 70.0 Å². The number of rotatable bonds is 4. The number of pyridine rings is 1. The minimum absolute atomic E-state index is 0.00666. The number of aromatic amines is 1. The summed E-state index contributed by atoms with van der Waals surface area (Å²) >= 11 is 0. The van der Waals surface area contributed by atoms with Crippen LogP contribution >= 0.6 is 0 Å². The van der Waals surface area contributed by atoms with E-state index in [2.05, 4.69) is 61.4 Å². The van der Waals surface area contributed by atoms with Crippen molar-refractivity contribution in [2.75, 3.05) is 0 Å². The quantitative estimate of drug-likeness (QED) is 0.750. The first kappa shape index (κ1) is 20.6. The summed E-state index contributed by atoms with van der Waals surface area (Å²) in [7, 11) is 0. The van der Waals surface area contributed by atoms with Gasteiger partial charge in [0.15, 0.2) is 0 Å². The molecule has 2 aromatic rings. The first-order chi connectivity index (χ1) is 14.3. The molecule has 1 amide bonds. The molecular weight excluding hydrogens is 372 g/mol. The van der Waals surface area contributed by atoms with Crippen LogP contribution < -0.4 is 10.9 Å². The highest BCUT2D eigenvalue weighted by atomic mass is 16.2. The van der Waals surface area contributed by atoms with Gasteiger partial charge in [-0.2, -0.15) is 0 Å². The van der Waals surface area contributed by atoms with Crippen molar-refractivity contribution in [2.45, 2.75) is 76.7 Å². The highest BCUT2D eigenvalue weighted by Crippen LogP contribution is 2.33. The number of carbonyl (C=O) groups is 1. The molecule has 2 aliphatic rings. The number of hydrogen-bond donors (Lipinski definition) is 2. The fourth-order valence-corrected chi connectivity index (χ4v) is 4.66. The van der Waals surface area contributed by atoms with Crippen molar-refractivity contribution in [3.63, 3.8) is 0 Å².